The van der Waals surface area contributed by atoms with Crippen LogP contribution in [0.4, 0.5) is 5.95 Å². The van der Waals surface area contributed by atoms with Crippen molar-refractivity contribution >= 4 is 5.95 Å². The van der Waals surface area contributed by atoms with E-state index in [-0.39, 0.29) is 0 Å². The lowest BCUT2D eigenvalue weighted by Gasteiger charge is -2.56. The van der Waals surface area contributed by atoms with Crippen molar-refractivity contribution in [2.75, 3.05) is 25.1 Å². The summed E-state index contributed by atoms with van der Waals surface area (Å²) in [5, 5.41) is 3.94. The van der Waals surface area contributed by atoms with E-state index in [9.17, 15) is 0 Å². The summed E-state index contributed by atoms with van der Waals surface area (Å²) < 4.78 is 5.71. The highest BCUT2D eigenvalue weighted by atomic mass is 16.5. The largest absolute Gasteiger partial charge is 0.381 e. The van der Waals surface area contributed by atoms with Crippen LogP contribution in [0.15, 0.2) is 18.5 Å². The Balaban J connectivity index is 1.53. The highest BCUT2D eigenvalue weighted by Crippen LogP contribution is 2.49. The second-order valence-corrected chi connectivity index (χ2v) is 6.93. The van der Waals surface area contributed by atoms with Gasteiger partial charge in [0.15, 0.2) is 0 Å². The third-order valence-corrected chi connectivity index (χ3v) is 6.15. The molecule has 2 fully saturated rings. The average molecular weight is 318 g/mol. The second-order valence-electron chi connectivity index (χ2n) is 6.93. The molecule has 1 aromatic rings. The topological polar surface area (TPSA) is 50.3 Å². The molecule has 1 saturated carbocycles. The van der Waals surface area contributed by atoms with Gasteiger partial charge < -0.3 is 15.0 Å². The minimum absolute atomic E-state index is 0.328. The Bertz CT molecular complexity index is 483. The van der Waals surface area contributed by atoms with Crippen molar-refractivity contribution in [1.29, 1.82) is 0 Å². The van der Waals surface area contributed by atoms with Crippen LogP contribution in [0.3, 0.4) is 0 Å². The maximum atomic E-state index is 5.71. The smallest absolute Gasteiger partial charge is 0.225 e. The van der Waals surface area contributed by atoms with Gasteiger partial charge in [0.05, 0.1) is 6.10 Å². The van der Waals surface area contributed by atoms with E-state index in [0.29, 0.717) is 23.6 Å². The summed E-state index contributed by atoms with van der Waals surface area (Å²) in [6.45, 7) is 6.68. The van der Waals surface area contributed by atoms with Crippen molar-refractivity contribution in [2.45, 2.75) is 64.1 Å². The monoisotopic (exact) mass is 318 g/mol. The zero-order valence-electron chi connectivity index (χ0n) is 14.7. The van der Waals surface area contributed by atoms with Crippen LogP contribution >= 0.6 is 0 Å². The van der Waals surface area contributed by atoms with Gasteiger partial charge in [-0.05, 0) is 38.2 Å². The van der Waals surface area contributed by atoms with E-state index < -0.39 is 0 Å². The molecule has 1 N–H and O–H groups in total. The first-order valence-corrected chi connectivity index (χ1v) is 9.04. The fourth-order valence-corrected chi connectivity index (χ4v) is 4.50. The second kappa shape index (κ2) is 7.14. The number of piperidine rings is 1. The average Bonchev–Trinajstić information content (AvgIpc) is 2.61. The van der Waals surface area contributed by atoms with Gasteiger partial charge in [0.25, 0.3) is 0 Å². The van der Waals surface area contributed by atoms with Crippen LogP contribution in [-0.4, -0.2) is 48.4 Å². The fraction of sp³-hybridized carbons (Fsp3) is 0.778. The molecule has 0 aromatic carbocycles. The summed E-state index contributed by atoms with van der Waals surface area (Å²) >= 11 is 0. The fourth-order valence-electron chi connectivity index (χ4n) is 4.50. The number of methoxy groups -OCH3 is 1. The molecule has 2 aliphatic rings. The molecule has 0 bridgehead atoms. The van der Waals surface area contributed by atoms with Crippen LogP contribution in [0.1, 0.15) is 46.0 Å². The van der Waals surface area contributed by atoms with Gasteiger partial charge in [0, 0.05) is 50.1 Å². The van der Waals surface area contributed by atoms with E-state index in [2.05, 4.69) is 34.0 Å². The highest BCUT2D eigenvalue weighted by molar-refractivity contribution is 5.29. The van der Waals surface area contributed by atoms with E-state index in [0.717, 1.165) is 38.3 Å². The van der Waals surface area contributed by atoms with E-state index in [1.807, 2.05) is 25.6 Å². The maximum absolute atomic E-state index is 5.71. The molecule has 128 valence electrons. The van der Waals surface area contributed by atoms with E-state index in [4.69, 9.17) is 4.74 Å². The minimum atomic E-state index is 0.328. The molecule has 1 aliphatic carbocycles. The third-order valence-electron chi connectivity index (χ3n) is 6.15. The molecule has 0 spiro atoms. The third kappa shape index (κ3) is 3.09. The number of ether oxygens (including phenoxy) is 1. The quantitative estimate of drug-likeness (QED) is 0.874. The molecule has 1 saturated heterocycles. The minimum Gasteiger partial charge on any atom is -0.381 e. The Morgan fingerprint density at radius 1 is 1.22 bits per heavy atom. The number of nitrogens with one attached hydrogen (secondary N) is 1. The van der Waals surface area contributed by atoms with E-state index >= 15 is 0 Å². The van der Waals surface area contributed by atoms with Gasteiger partial charge in [-0.15, -0.1) is 0 Å². The molecule has 2 atom stereocenters. The Kier molecular flexibility index (Phi) is 5.17. The van der Waals surface area contributed by atoms with Gasteiger partial charge in [-0.2, -0.15) is 0 Å². The zero-order valence-corrected chi connectivity index (χ0v) is 14.7. The summed E-state index contributed by atoms with van der Waals surface area (Å²) in [5.41, 5.74) is 0.328. The first-order valence-electron chi connectivity index (χ1n) is 9.04. The number of aromatic nitrogens is 2. The van der Waals surface area contributed by atoms with Gasteiger partial charge in [-0.3, -0.25) is 0 Å². The van der Waals surface area contributed by atoms with Gasteiger partial charge in [-0.25, -0.2) is 9.97 Å². The van der Waals surface area contributed by atoms with Gasteiger partial charge in [-0.1, -0.05) is 13.8 Å². The molecule has 5 nitrogen and oxygen atoms in total. The summed E-state index contributed by atoms with van der Waals surface area (Å²) in [5.74, 6) is 0.866. The van der Waals surface area contributed by atoms with Crippen molar-refractivity contribution in [2.24, 2.45) is 5.41 Å². The molecule has 0 radical (unpaired) electrons. The number of nitrogens with zero attached hydrogens (tertiary/aromatic N) is 3. The predicted octanol–water partition coefficient (Wildman–Crippen LogP) is 2.63. The summed E-state index contributed by atoms with van der Waals surface area (Å²) in [4.78, 5) is 11.0. The summed E-state index contributed by atoms with van der Waals surface area (Å²) in [6, 6.07) is 3.08. The normalized spacial score (nSPS) is 27.7. The molecule has 2 heterocycles. The number of anilines is 1. The van der Waals surface area contributed by atoms with E-state index in [1.165, 1.54) is 12.8 Å². The van der Waals surface area contributed by atoms with Gasteiger partial charge in [0.2, 0.25) is 5.95 Å². The molecule has 5 heteroatoms. The maximum Gasteiger partial charge on any atom is 0.225 e. The van der Waals surface area contributed by atoms with Gasteiger partial charge >= 0.3 is 0 Å². The van der Waals surface area contributed by atoms with Crippen molar-refractivity contribution in [3.05, 3.63) is 18.5 Å². The Labute approximate surface area is 139 Å². The lowest BCUT2D eigenvalue weighted by Crippen LogP contribution is -2.65. The summed E-state index contributed by atoms with van der Waals surface area (Å²) in [6.07, 6.45) is 9.93. The van der Waals surface area contributed by atoms with Crippen LogP contribution in [0.25, 0.3) is 0 Å². The molecule has 1 aliphatic heterocycles. The molecular formula is C18H30N4O. The van der Waals surface area contributed by atoms with Crippen LogP contribution in [-0.2, 0) is 4.74 Å². The Morgan fingerprint density at radius 3 is 2.43 bits per heavy atom. The Morgan fingerprint density at radius 2 is 1.87 bits per heavy atom. The van der Waals surface area contributed by atoms with E-state index in [1.54, 1.807) is 0 Å². The first kappa shape index (κ1) is 16.7. The molecule has 23 heavy (non-hydrogen) atoms. The van der Waals surface area contributed by atoms with Crippen LogP contribution in [0.5, 0.6) is 0 Å². The SMILES string of the molecule is CCC1(CC)C(NC2CCN(c3ncccn3)CC2)CC1OC. The van der Waals surface area contributed by atoms with Crippen molar-refractivity contribution < 1.29 is 4.74 Å². The van der Waals surface area contributed by atoms with Crippen molar-refractivity contribution in [3.8, 4) is 0 Å². The Hall–Kier alpha value is -1.20. The van der Waals surface area contributed by atoms with Crippen LogP contribution in [0, 0.1) is 5.41 Å². The number of hydrogen-bond acceptors (Lipinski definition) is 5. The number of rotatable bonds is 6. The lowest BCUT2D eigenvalue weighted by atomic mass is 9.58. The molecule has 3 rings (SSSR count). The lowest BCUT2D eigenvalue weighted by molar-refractivity contribution is -0.126. The molecular weight excluding hydrogens is 288 g/mol. The van der Waals surface area contributed by atoms with Crippen LogP contribution < -0.4 is 10.2 Å². The summed E-state index contributed by atoms with van der Waals surface area (Å²) in [7, 11) is 1.86. The predicted molar refractivity (Wildman–Crippen MR) is 92.6 cm³/mol. The number of hydrogen-bond donors (Lipinski definition) is 1. The molecule has 1 aromatic heterocycles. The zero-order chi connectivity index (χ0) is 16.3. The first-order chi connectivity index (χ1) is 11.2. The standard InChI is InChI=1S/C18H30N4O/c1-4-18(5-2)15(13-16(18)23-3)21-14-7-11-22(12-8-14)17-19-9-6-10-20-17/h6,9-10,14-16,21H,4-5,7-8,11-13H2,1-3H3. The molecule has 2 unspecified atom stereocenters. The van der Waals surface area contributed by atoms with Crippen molar-refractivity contribution in [3.63, 3.8) is 0 Å². The van der Waals surface area contributed by atoms with Crippen LogP contribution in [0.2, 0.25) is 0 Å². The van der Waals surface area contributed by atoms with Gasteiger partial charge in [0.1, 0.15) is 0 Å². The van der Waals surface area contributed by atoms with Crippen molar-refractivity contribution in [1.82, 2.24) is 15.3 Å². The highest BCUT2D eigenvalue weighted by Gasteiger charge is 2.53. The molecule has 0 amide bonds.